The lowest BCUT2D eigenvalue weighted by atomic mass is 10.0. The Morgan fingerprint density at radius 3 is 2.51 bits per heavy atom. The second kappa shape index (κ2) is 9.30. The largest absolute Gasteiger partial charge is 0.490 e. The highest BCUT2D eigenvalue weighted by Gasteiger charge is 2.19. The minimum Gasteiger partial charge on any atom is -0.490 e. The van der Waals surface area contributed by atoms with Gasteiger partial charge in [0.25, 0.3) is 5.91 Å². The van der Waals surface area contributed by atoms with Crippen molar-refractivity contribution in [3.05, 3.63) is 76.6 Å². The molecule has 0 radical (unpaired) electrons. The van der Waals surface area contributed by atoms with Gasteiger partial charge in [-0.2, -0.15) is 0 Å². The molecule has 0 aliphatic carbocycles. The van der Waals surface area contributed by atoms with Crippen LogP contribution in [0.4, 0.5) is 6.01 Å². The van der Waals surface area contributed by atoms with Gasteiger partial charge >= 0.3 is 11.6 Å². The van der Waals surface area contributed by atoms with Gasteiger partial charge in [0, 0.05) is 10.9 Å². The number of anilines is 1. The Morgan fingerprint density at radius 1 is 0.886 bits per heavy atom. The Hall–Kier alpha value is -4.66. The van der Waals surface area contributed by atoms with Crippen LogP contribution in [0.5, 0.6) is 11.5 Å². The van der Waals surface area contributed by atoms with Crippen molar-refractivity contribution >= 4 is 33.7 Å². The summed E-state index contributed by atoms with van der Waals surface area (Å²) < 4.78 is 22.2. The number of nitrogens with zero attached hydrogens (tertiary/aromatic N) is 2. The van der Waals surface area contributed by atoms with Crippen LogP contribution in [0.15, 0.2) is 74.3 Å². The minimum atomic E-state index is -0.766. The van der Waals surface area contributed by atoms with Crippen molar-refractivity contribution in [3.8, 4) is 23.0 Å². The van der Waals surface area contributed by atoms with Gasteiger partial charge in [-0.3, -0.25) is 10.1 Å². The van der Waals surface area contributed by atoms with Crippen LogP contribution in [0.3, 0.4) is 0 Å². The Bertz CT molecular complexity index is 1600. The zero-order chi connectivity index (χ0) is 24.4. The molecule has 0 atom stereocenters. The van der Waals surface area contributed by atoms with E-state index in [1.165, 1.54) is 6.07 Å². The van der Waals surface area contributed by atoms with Gasteiger partial charge in [-0.05, 0) is 55.0 Å². The molecule has 0 saturated carbocycles. The van der Waals surface area contributed by atoms with Crippen LogP contribution in [-0.4, -0.2) is 29.3 Å². The number of amides is 1. The number of rotatable bonds is 7. The van der Waals surface area contributed by atoms with Crippen molar-refractivity contribution in [3.63, 3.8) is 0 Å². The van der Waals surface area contributed by atoms with E-state index in [9.17, 15) is 9.59 Å². The Labute approximate surface area is 199 Å². The predicted molar refractivity (Wildman–Crippen MR) is 130 cm³/mol. The number of carbonyl (C=O) groups excluding carboxylic acids is 1. The molecule has 9 nitrogen and oxygen atoms in total. The Morgan fingerprint density at radius 2 is 1.69 bits per heavy atom. The first-order chi connectivity index (χ1) is 17.1. The fourth-order valence-corrected chi connectivity index (χ4v) is 3.77. The molecule has 1 amide bonds. The smallest absolute Gasteiger partial charge is 0.349 e. The highest BCUT2D eigenvalue weighted by Crippen LogP contribution is 2.33. The van der Waals surface area contributed by atoms with Crippen LogP contribution in [-0.2, 0) is 0 Å². The number of hydrogen-bond acceptors (Lipinski definition) is 8. The molecule has 35 heavy (non-hydrogen) atoms. The number of benzene rings is 3. The molecule has 0 bridgehead atoms. The summed E-state index contributed by atoms with van der Waals surface area (Å²) in [6.07, 6.45) is 0. The molecule has 2 heterocycles. The lowest BCUT2D eigenvalue weighted by molar-refractivity contribution is 0.102. The summed E-state index contributed by atoms with van der Waals surface area (Å²) >= 11 is 0. The molecule has 9 heteroatoms. The van der Waals surface area contributed by atoms with Crippen LogP contribution in [0, 0.1) is 0 Å². The Kier molecular flexibility index (Phi) is 5.88. The highest BCUT2D eigenvalue weighted by atomic mass is 16.5. The van der Waals surface area contributed by atoms with E-state index in [0.717, 1.165) is 10.8 Å². The fraction of sp³-hybridized carbons (Fsp3) is 0.154. The van der Waals surface area contributed by atoms with E-state index in [4.69, 9.17) is 18.3 Å². The summed E-state index contributed by atoms with van der Waals surface area (Å²) in [7, 11) is 0. The standard InChI is InChI=1S/C26H21N3O6/c1-3-32-21-12-10-16(13-22(21)33-4-2)24-28-29-26(35-24)27-23(30)19-14-18-17-8-6-5-7-15(17)9-11-20(18)34-25(19)31/h5-14H,3-4H2,1-2H3,(H,27,29,30). The van der Waals surface area contributed by atoms with Crippen LogP contribution < -0.4 is 20.4 Å². The number of aromatic nitrogens is 2. The first-order valence-corrected chi connectivity index (χ1v) is 11.1. The molecule has 2 aromatic heterocycles. The van der Waals surface area contributed by atoms with Gasteiger partial charge in [-0.1, -0.05) is 35.4 Å². The summed E-state index contributed by atoms with van der Waals surface area (Å²) in [5.74, 6) is 0.588. The molecule has 0 aliphatic heterocycles. The lowest BCUT2D eigenvalue weighted by Crippen LogP contribution is -2.20. The van der Waals surface area contributed by atoms with E-state index in [1.807, 2.05) is 44.2 Å². The first kappa shape index (κ1) is 22.1. The van der Waals surface area contributed by atoms with Gasteiger partial charge in [0.05, 0.1) is 13.2 Å². The quantitative estimate of drug-likeness (QED) is 0.259. The molecule has 176 valence electrons. The minimum absolute atomic E-state index is 0.158. The van der Waals surface area contributed by atoms with E-state index >= 15 is 0 Å². The topological polar surface area (TPSA) is 117 Å². The normalized spacial score (nSPS) is 11.0. The number of fused-ring (bicyclic) bond motifs is 3. The monoisotopic (exact) mass is 471 g/mol. The molecule has 5 aromatic rings. The van der Waals surface area contributed by atoms with Crippen molar-refractivity contribution in [1.82, 2.24) is 10.2 Å². The predicted octanol–water partition coefficient (Wildman–Crippen LogP) is 5.05. The van der Waals surface area contributed by atoms with Crippen LogP contribution in [0.25, 0.3) is 33.2 Å². The van der Waals surface area contributed by atoms with E-state index in [2.05, 4.69) is 15.5 Å². The molecule has 1 N–H and O–H groups in total. The highest BCUT2D eigenvalue weighted by molar-refractivity contribution is 6.10. The molecule has 5 rings (SSSR count). The molecule has 0 saturated heterocycles. The summed E-state index contributed by atoms with van der Waals surface area (Å²) in [6.45, 7) is 4.71. The summed E-state index contributed by atoms with van der Waals surface area (Å²) in [5.41, 5.74) is 0.0405. The van der Waals surface area contributed by atoms with Crippen molar-refractivity contribution in [1.29, 1.82) is 0 Å². The Balaban J connectivity index is 1.43. The van der Waals surface area contributed by atoms with Crippen molar-refractivity contribution in [2.75, 3.05) is 18.5 Å². The van der Waals surface area contributed by atoms with Crippen LogP contribution in [0.1, 0.15) is 24.2 Å². The second-order valence-electron chi connectivity index (χ2n) is 7.54. The molecule has 0 spiro atoms. The van der Waals surface area contributed by atoms with Gasteiger partial charge in [-0.25, -0.2) is 4.79 Å². The first-order valence-electron chi connectivity index (χ1n) is 11.1. The van der Waals surface area contributed by atoms with E-state index in [1.54, 1.807) is 24.3 Å². The fourth-order valence-electron chi connectivity index (χ4n) is 3.77. The third-order valence-electron chi connectivity index (χ3n) is 5.32. The van der Waals surface area contributed by atoms with Gasteiger partial charge in [0.1, 0.15) is 11.1 Å². The molecular formula is C26H21N3O6. The average Bonchev–Trinajstić information content (AvgIpc) is 3.33. The zero-order valence-corrected chi connectivity index (χ0v) is 19.0. The molecule has 0 aliphatic rings. The van der Waals surface area contributed by atoms with Crippen molar-refractivity contribution in [2.45, 2.75) is 13.8 Å². The summed E-state index contributed by atoms with van der Waals surface area (Å²) in [6, 6.07) is 17.8. The van der Waals surface area contributed by atoms with Crippen molar-refractivity contribution < 1.29 is 23.1 Å². The van der Waals surface area contributed by atoms with Gasteiger partial charge in [0.2, 0.25) is 5.89 Å². The maximum atomic E-state index is 12.9. The van der Waals surface area contributed by atoms with Gasteiger partial charge < -0.3 is 18.3 Å². The zero-order valence-electron chi connectivity index (χ0n) is 19.0. The lowest BCUT2D eigenvalue weighted by Gasteiger charge is -2.11. The number of hydrogen-bond donors (Lipinski definition) is 1. The summed E-state index contributed by atoms with van der Waals surface area (Å²) in [5, 5.41) is 12.8. The van der Waals surface area contributed by atoms with Gasteiger partial charge in [0.15, 0.2) is 11.5 Å². The second-order valence-corrected chi connectivity index (χ2v) is 7.54. The third-order valence-corrected chi connectivity index (χ3v) is 5.32. The average molecular weight is 471 g/mol. The van der Waals surface area contributed by atoms with Crippen molar-refractivity contribution in [2.24, 2.45) is 0 Å². The van der Waals surface area contributed by atoms with E-state index < -0.39 is 11.5 Å². The van der Waals surface area contributed by atoms with Gasteiger partial charge in [-0.15, -0.1) is 5.10 Å². The molecular weight excluding hydrogens is 450 g/mol. The van der Waals surface area contributed by atoms with Crippen LogP contribution >= 0.6 is 0 Å². The van der Waals surface area contributed by atoms with E-state index in [0.29, 0.717) is 41.2 Å². The maximum Gasteiger partial charge on any atom is 0.349 e. The molecule has 3 aromatic carbocycles. The number of nitrogens with one attached hydrogen (secondary N) is 1. The SMILES string of the molecule is CCOc1ccc(-c2nnc(NC(=O)c3cc4c(ccc5ccccc54)oc3=O)o2)cc1OCC. The van der Waals surface area contributed by atoms with E-state index in [-0.39, 0.29) is 17.5 Å². The van der Waals surface area contributed by atoms with Crippen LogP contribution in [0.2, 0.25) is 0 Å². The molecule has 0 unspecified atom stereocenters. The summed E-state index contributed by atoms with van der Waals surface area (Å²) in [4.78, 5) is 25.4. The maximum absolute atomic E-state index is 12.9. The molecule has 0 fully saturated rings. The number of ether oxygens (including phenoxy) is 2. The number of carbonyl (C=O) groups is 1. The third kappa shape index (κ3) is 4.31.